The molecule has 566 valence electrons. The zero-order chi connectivity index (χ0) is 78.6. The largest absolute Gasteiger partial charge is 0.460 e. The molecule has 0 radical (unpaired) electrons. The highest BCUT2D eigenvalue weighted by Gasteiger charge is 3.05. The monoisotopic (exact) mass is 1570 g/mol. The van der Waals surface area contributed by atoms with Crippen LogP contribution in [0, 0.1) is 0 Å². The van der Waals surface area contributed by atoms with Gasteiger partial charge in [-0.3, -0.25) is 0 Å². The van der Waals surface area contributed by atoms with Gasteiger partial charge in [0, 0.05) is 0 Å². The summed E-state index contributed by atoms with van der Waals surface area (Å²) in [4.78, 5) is -8.21. The first-order valence-electron chi connectivity index (χ1n) is 19.3. The van der Waals surface area contributed by atoms with Gasteiger partial charge in [-0.15, -0.1) is 4.90 Å². The summed E-state index contributed by atoms with van der Waals surface area (Å²) in [7, 11) is 0. The lowest BCUT2D eigenvalue weighted by Crippen LogP contribution is -2.84. The number of hydrogen-bond donors (Lipinski definition) is 0. The third-order valence-electron chi connectivity index (χ3n) is 11.3. The van der Waals surface area contributed by atoms with Crippen molar-refractivity contribution in [2.45, 2.75) is 179 Å². The van der Waals surface area contributed by atoms with E-state index in [1.54, 1.807) is 0 Å². The molecule has 0 spiro atoms. The van der Waals surface area contributed by atoms with Crippen molar-refractivity contribution in [2.24, 2.45) is 0 Å². The fraction of sp³-hybridized carbons (Fsp3) is 1.00. The second-order valence-electron chi connectivity index (χ2n) is 17.2. The van der Waals surface area contributed by atoms with E-state index in [1.165, 1.54) is 0 Å². The first-order valence-corrected chi connectivity index (χ1v) is 19.3. The normalized spacial score (nSPS) is 17.6. The zero-order valence-corrected chi connectivity index (χ0v) is 39.3. The molecule has 0 heterocycles. The number of alkyl halides is 63. The first-order chi connectivity index (χ1) is 39.1. The van der Waals surface area contributed by atoms with Gasteiger partial charge in [-0.25, -0.2) is 0 Å². The van der Waals surface area contributed by atoms with Gasteiger partial charge in [-0.2, -0.15) is 277 Å². The van der Waals surface area contributed by atoms with Gasteiger partial charge in [-0.05, 0) is 0 Å². The Labute approximate surface area is 462 Å². The quantitative estimate of drug-likeness (QED) is 0.0585. The van der Waals surface area contributed by atoms with E-state index in [9.17, 15) is 250 Å². The lowest BCUT2D eigenvalue weighted by molar-refractivity contribution is -0.536. The van der Waals surface area contributed by atoms with Gasteiger partial charge in [0.1, 0.15) is 0 Å². The number of halogens is 63. The second-order valence-corrected chi connectivity index (χ2v) is 17.2. The Kier molecular flexibility index (Phi) is 20.3. The van der Waals surface area contributed by atoms with Gasteiger partial charge < -0.3 is 0 Å². The number of hydrogen-bond acceptors (Lipinski definition) is 1. The summed E-state index contributed by atoms with van der Waals surface area (Å²) in [6, 6.07) is -36.8. The molecule has 0 unspecified atom stereocenters. The predicted octanol–water partition coefficient (Wildman–Crippen LogP) is 20.0. The standard InChI is InChI=1S/C30F63N/c31-1(32,7(43,44)13(55,56)19(67,68)25(79,80)81)4(37,38)10(49,50)16(61,62)22(73,74)28(88,89)94(29(90,91)23(75,76)17(63,64)11(51,52)5(39,40)2(33,34)8(45,46)14(57,58)20(69,70)26(82,83)84)30(92,93)24(77,78)18(65,66)12(53,54)6(41,42)3(35,36)9(47,48)15(59,60)21(71,72)27(85,86)87. The van der Waals surface area contributed by atoms with E-state index in [-0.39, 0.29) is 0 Å². The van der Waals surface area contributed by atoms with Crippen LogP contribution < -0.4 is 0 Å². The van der Waals surface area contributed by atoms with E-state index in [1.807, 2.05) is 0 Å². The summed E-state index contributed by atoms with van der Waals surface area (Å²) in [5.74, 6) is -262. The summed E-state index contributed by atoms with van der Waals surface area (Å²) in [6.45, 7) is 0. The van der Waals surface area contributed by atoms with Crippen LogP contribution in [0.3, 0.4) is 0 Å². The fourth-order valence-electron chi connectivity index (χ4n) is 5.60. The van der Waals surface area contributed by atoms with Gasteiger partial charge in [0.2, 0.25) is 0 Å². The molecule has 0 bridgehead atoms. The number of nitrogens with zero attached hydrogens (tertiary/aromatic N) is 1. The molecule has 0 amide bonds. The molecule has 0 aliphatic carbocycles. The van der Waals surface area contributed by atoms with E-state index in [4.69, 9.17) is 0 Å². The van der Waals surface area contributed by atoms with E-state index in [0.29, 0.717) is 0 Å². The highest BCUT2D eigenvalue weighted by atomic mass is 19.5. The Bertz CT molecular complexity index is 2420. The minimum Gasteiger partial charge on any atom is -0.192 e. The van der Waals surface area contributed by atoms with Crippen molar-refractivity contribution in [1.82, 2.24) is 4.90 Å². The minimum absolute atomic E-state index is 8.21. The van der Waals surface area contributed by atoms with Gasteiger partial charge in [-0.1, -0.05) is 0 Å². The molecule has 0 saturated heterocycles. The highest BCUT2D eigenvalue weighted by molar-refractivity contribution is 5.24. The minimum atomic E-state index is -12.3. The van der Waals surface area contributed by atoms with Crippen molar-refractivity contribution in [3.63, 3.8) is 0 Å². The smallest absolute Gasteiger partial charge is 0.192 e. The molecule has 0 saturated carbocycles. The van der Waals surface area contributed by atoms with Crippen molar-refractivity contribution in [2.75, 3.05) is 0 Å². The van der Waals surface area contributed by atoms with Crippen LogP contribution in [0.25, 0.3) is 0 Å². The third-order valence-corrected chi connectivity index (χ3v) is 11.3. The fourth-order valence-corrected chi connectivity index (χ4v) is 5.60. The average molecular weight is 1570 g/mol. The average Bonchev–Trinajstić information content (AvgIpc) is 0.681. The summed E-state index contributed by atoms with van der Waals surface area (Å²) >= 11 is 0. The van der Waals surface area contributed by atoms with Crippen molar-refractivity contribution in [3.8, 4) is 0 Å². The van der Waals surface area contributed by atoms with Crippen LogP contribution in [0.5, 0.6) is 0 Å². The molecule has 0 fully saturated rings. The van der Waals surface area contributed by atoms with Crippen molar-refractivity contribution in [3.05, 3.63) is 0 Å². The van der Waals surface area contributed by atoms with Crippen LogP contribution in [0.4, 0.5) is 277 Å². The van der Waals surface area contributed by atoms with Crippen LogP contribution in [0.15, 0.2) is 0 Å². The third kappa shape index (κ3) is 9.96. The highest BCUT2D eigenvalue weighted by Crippen LogP contribution is 2.74. The summed E-state index contributed by atoms with van der Waals surface area (Å²) in [5.41, 5.74) is 0. The van der Waals surface area contributed by atoms with Crippen LogP contribution in [0.2, 0.25) is 0 Å². The van der Waals surface area contributed by atoms with Crippen molar-refractivity contribution < 1.29 is 277 Å². The van der Waals surface area contributed by atoms with E-state index >= 15 is 26.3 Å². The van der Waals surface area contributed by atoms with Gasteiger partial charge in [0.25, 0.3) is 0 Å². The maximum absolute atomic E-state index is 15.3. The van der Waals surface area contributed by atoms with E-state index in [2.05, 4.69) is 0 Å². The second kappa shape index (κ2) is 21.3. The summed E-state index contributed by atoms with van der Waals surface area (Å²) in [6.07, 6.45) is -26.9. The Morgan fingerprint density at radius 3 is 0.223 bits per heavy atom. The molecule has 64 heteroatoms. The molecule has 1 nitrogen and oxygen atoms in total. The topological polar surface area (TPSA) is 3.24 Å². The molecule has 0 N–H and O–H groups in total. The van der Waals surface area contributed by atoms with Gasteiger partial charge >= 0.3 is 179 Å². The van der Waals surface area contributed by atoms with Crippen LogP contribution in [-0.2, 0) is 0 Å². The van der Waals surface area contributed by atoms with Crippen LogP contribution >= 0.6 is 0 Å². The van der Waals surface area contributed by atoms with Crippen molar-refractivity contribution >= 4 is 0 Å². The van der Waals surface area contributed by atoms with Gasteiger partial charge in [0.05, 0.1) is 0 Å². The Hall–Kier alpha value is -4.45. The predicted molar refractivity (Wildman–Crippen MR) is 154 cm³/mol. The zero-order valence-electron chi connectivity index (χ0n) is 39.3. The molecule has 0 rings (SSSR count). The SMILES string of the molecule is FC(F)(F)C(F)(F)C(F)(F)C(F)(F)C(F)(F)C(F)(F)C(F)(F)C(F)(F)C(F)(F)C(F)(F)N(C(F)(F)C(F)(F)C(F)(F)C(F)(F)C(F)(F)C(F)(F)C(F)(F)C(F)(F)C(F)(F)C(F)(F)F)C(F)(F)C(F)(F)C(F)(F)C(F)(F)C(F)(F)C(F)(F)C(F)(F)C(F)(F)C(F)(F)C(F)(F)F. The molecular formula is C30F63N. The number of rotatable bonds is 27. The van der Waals surface area contributed by atoms with Crippen molar-refractivity contribution in [1.29, 1.82) is 0 Å². The van der Waals surface area contributed by atoms with Gasteiger partial charge in [0.15, 0.2) is 0 Å². The van der Waals surface area contributed by atoms with E-state index < -0.39 is 184 Å². The first kappa shape index (κ1) is 89.5. The Morgan fingerprint density at radius 2 is 0.149 bits per heavy atom. The molecule has 0 aromatic rings. The molecule has 0 aliphatic rings. The summed E-state index contributed by atoms with van der Waals surface area (Å²) < 4.78 is 878. The Morgan fingerprint density at radius 1 is 0.0851 bits per heavy atom. The molecular weight excluding hydrogens is 1570 g/mol. The molecule has 0 aromatic carbocycles. The van der Waals surface area contributed by atoms with E-state index in [0.717, 1.165) is 0 Å². The lowest BCUT2D eigenvalue weighted by atomic mass is 9.85. The molecule has 0 atom stereocenters. The maximum Gasteiger partial charge on any atom is 0.460 e. The summed E-state index contributed by atoms with van der Waals surface area (Å²) in [5, 5.41) is 0. The Balaban J connectivity index is 10.1. The molecule has 94 heavy (non-hydrogen) atoms. The maximum atomic E-state index is 15.3. The molecule has 0 aliphatic heterocycles. The van der Waals surface area contributed by atoms with Crippen LogP contribution in [-0.4, -0.2) is 184 Å². The lowest BCUT2D eigenvalue weighted by Gasteiger charge is -2.52. The molecule has 0 aromatic heterocycles. The van der Waals surface area contributed by atoms with Crippen LogP contribution in [0.1, 0.15) is 0 Å².